The number of halogens is 2. The number of hydrogen-bond acceptors (Lipinski definition) is 6. The van der Waals surface area contributed by atoms with Gasteiger partial charge in [-0.1, -0.05) is 18.2 Å². The molecule has 1 fully saturated rings. The highest BCUT2D eigenvalue weighted by atomic mass is 19.3. The van der Waals surface area contributed by atoms with Crippen molar-refractivity contribution in [2.75, 3.05) is 23.3 Å². The second kappa shape index (κ2) is 8.19. The van der Waals surface area contributed by atoms with E-state index in [1.807, 2.05) is 30.9 Å². The Kier molecular flexibility index (Phi) is 5.30. The van der Waals surface area contributed by atoms with E-state index in [-0.39, 0.29) is 37.5 Å². The van der Waals surface area contributed by atoms with E-state index in [1.165, 1.54) is 0 Å². The molecule has 176 valence electrons. The van der Waals surface area contributed by atoms with Crippen LogP contribution in [0.4, 0.5) is 20.4 Å². The van der Waals surface area contributed by atoms with E-state index in [9.17, 15) is 18.7 Å². The maximum Gasteiger partial charge on any atom is 0.337 e. The first-order chi connectivity index (χ1) is 16.2. The average Bonchev–Trinajstić information content (AvgIpc) is 3.29. The molecule has 0 spiro atoms. The first kappa shape index (κ1) is 22.0. The molecular formula is C24H24F2N6O2. The van der Waals surface area contributed by atoms with Crippen molar-refractivity contribution in [1.82, 2.24) is 19.6 Å². The summed E-state index contributed by atoms with van der Waals surface area (Å²) in [6.07, 6.45) is 1.08. The predicted molar refractivity (Wildman–Crippen MR) is 125 cm³/mol. The van der Waals surface area contributed by atoms with Gasteiger partial charge in [-0.3, -0.25) is 4.40 Å². The largest absolute Gasteiger partial charge is 0.478 e. The van der Waals surface area contributed by atoms with Crippen LogP contribution in [0.3, 0.4) is 0 Å². The minimum atomic E-state index is -2.67. The second-order valence-corrected chi connectivity index (χ2v) is 8.75. The number of piperidine rings is 1. The molecule has 0 bridgehead atoms. The SMILES string of the molecule is Cc1cc([C@@H](C)Nc2ccccc2C(=O)O)c2nc(N3CCC(F)(F)CC3)n3cnnc3c2c1. The molecule has 1 atom stereocenters. The van der Waals surface area contributed by atoms with Gasteiger partial charge in [-0.25, -0.2) is 18.6 Å². The summed E-state index contributed by atoms with van der Waals surface area (Å²) in [6.45, 7) is 4.26. The van der Waals surface area contributed by atoms with Crippen LogP contribution in [-0.4, -0.2) is 49.7 Å². The number of hydrogen-bond donors (Lipinski definition) is 2. The number of benzene rings is 2. The number of aromatic carboxylic acids is 1. The van der Waals surface area contributed by atoms with Crippen LogP contribution in [0.25, 0.3) is 16.6 Å². The van der Waals surface area contributed by atoms with Crippen molar-refractivity contribution in [3.05, 3.63) is 59.4 Å². The van der Waals surface area contributed by atoms with Gasteiger partial charge in [0.05, 0.1) is 17.1 Å². The third-order valence-electron chi connectivity index (χ3n) is 6.27. The second-order valence-electron chi connectivity index (χ2n) is 8.75. The fourth-order valence-electron chi connectivity index (χ4n) is 4.51. The molecule has 0 radical (unpaired) electrons. The van der Waals surface area contributed by atoms with Gasteiger partial charge in [-0.15, -0.1) is 10.2 Å². The Bertz CT molecular complexity index is 1390. The Morgan fingerprint density at radius 1 is 1.21 bits per heavy atom. The number of alkyl halides is 2. The van der Waals surface area contributed by atoms with Crippen LogP contribution in [0.5, 0.6) is 0 Å². The lowest BCUT2D eigenvalue weighted by Gasteiger charge is -2.32. The Hall–Kier alpha value is -3.82. The lowest BCUT2D eigenvalue weighted by molar-refractivity contribution is -0.0222. The smallest absolute Gasteiger partial charge is 0.337 e. The Morgan fingerprint density at radius 2 is 1.94 bits per heavy atom. The van der Waals surface area contributed by atoms with Gasteiger partial charge < -0.3 is 15.3 Å². The summed E-state index contributed by atoms with van der Waals surface area (Å²) in [5, 5.41) is 22.0. The molecule has 4 aromatic rings. The molecule has 0 aliphatic carbocycles. The number of carboxylic acids is 1. The molecule has 8 nitrogen and oxygen atoms in total. The number of aromatic nitrogens is 4. The van der Waals surface area contributed by atoms with Gasteiger partial charge in [0, 0.05) is 42.6 Å². The maximum absolute atomic E-state index is 13.8. The summed E-state index contributed by atoms with van der Waals surface area (Å²) in [6, 6.07) is 10.4. The molecule has 10 heteroatoms. The third kappa shape index (κ3) is 3.89. The van der Waals surface area contributed by atoms with Crippen molar-refractivity contribution in [3.63, 3.8) is 0 Å². The molecule has 2 N–H and O–H groups in total. The Labute approximate surface area is 194 Å². The highest BCUT2D eigenvalue weighted by Crippen LogP contribution is 2.34. The van der Waals surface area contributed by atoms with Gasteiger partial charge in [-0.05, 0) is 37.6 Å². The van der Waals surface area contributed by atoms with Gasteiger partial charge >= 0.3 is 5.97 Å². The molecular weight excluding hydrogens is 442 g/mol. The monoisotopic (exact) mass is 466 g/mol. The van der Waals surface area contributed by atoms with Crippen molar-refractivity contribution in [1.29, 1.82) is 0 Å². The van der Waals surface area contributed by atoms with Gasteiger partial charge in [0.1, 0.15) is 6.33 Å². The summed E-state index contributed by atoms with van der Waals surface area (Å²) in [4.78, 5) is 18.4. The van der Waals surface area contributed by atoms with Crippen LogP contribution in [0.15, 0.2) is 42.7 Å². The molecule has 34 heavy (non-hydrogen) atoms. The quantitative estimate of drug-likeness (QED) is 0.440. The number of para-hydroxylation sites is 1. The highest BCUT2D eigenvalue weighted by Gasteiger charge is 2.35. The van der Waals surface area contributed by atoms with Crippen molar-refractivity contribution in [3.8, 4) is 0 Å². The summed E-state index contributed by atoms with van der Waals surface area (Å²) in [5.41, 5.74) is 3.78. The van der Waals surface area contributed by atoms with Crippen molar-refractivity contribution < 1.29 is 18.7 Å². The molecule has 1 saturated heterocycles. The van der Waals surface area contributed by atoms with Gasteiger partial charge in [0.25, 0.3) is 5.92 Å². The van der Waals surface area contributed by atoms with Gasteiger partial charge in [-0.2, -0.15) is 0 Å². The number of anilines is 2. The molecule has 1 aliphatic heterocycles. The van der Waals surface area contributed by atoms with Crippen molar-refractivity contribution >= 4 is 34.2 Å². The zero-order chi connectivity index (χ0) is 24.0. The topological polar surface area (TPSA) is 95.6 Å². The maximum atomic E-state index is 13.8. The number of carbonyl (C=O) groups is 1. The summed E-state index contributed by atoms with van der Waals surface area (Å²) >= 11 is 0. The molecule has 2 aromatic carbocycles. The zero-order valence-corrected chi connectivity index (χ0v) is 18.8. The summed E-state index contributed by atoms with van der Waals surface area (Å²) in [7, 11) is 0. The molecule has 1 aliphatic rings. The zero-order valence-electron chi connectivity index (χ0n) is 18.8. The molecule has 5 rings (SSSR count). The van der Waals surface area contributed by atoms with E-state index in [0.717, 1.165) is 16.5 Å². The number of nitrogens with zero attached hydrogens (tertiary/aromatic N) is 5. The van der Waals surface area contributed by atoms with E-state index in [4.69, 9.17) is 4.98 Å². The predicted octanol–water partition coefficient (Wildman–Crippen LogP) is 4.69. The standard InChI is InChI=1S/C24H24F2N6O2/c1-14-11-17(15(2)28-19-6-4-3-5-16(19)22(33)34)20-18(12-14)21-30-27-13-32(21)23(29-20)31-9-7-24(25,26)8-10-31/h3-6,11-13,15,28H,7-10H2,1-2H3,(H,33,34)/t15-/m1/s1. The number of rotatable bonds is 5. The van der Waals surface area contributed by atoms with Crippen LogP contribution >= 0.6 is 0 Å². The molecule has 2 aromatic heterocycles. The van der Waals surface area contributed by atoms with E-state index in [1.54, 1.807) is 35.0 Å². The summed E-state index contributed by atoms with van der Waals surface area (Å²) in [5.74, 6) is -3.17. The Morgan fingerprint density at radius 3 is 2.68 bits per heavy atom. The molecule has 0 saturated carbocycles. The number of fused-ring (bicyclic) bond motifs is 3. The summed E-state index contributed by atoms with van der Waals surface area (Å²) < 4.78 is 29.3. The fraction of sp³-hybridized carbons (Fsp3) is 0.333. The minimum Gasteiger partial charge on any atom is -0.478 e. The van der Waals surface area contributed by atoms with Crippen molar-refractivity contribution in [2.24, 2.45) is 0 Å². The normalized spacial score (nSPS) is 16.6. The van der Waals surface area contributed by atoms with E-state index in [0.29, 0.717) is 22.8 Å². The van der Waals surface area contributed by atoms with Crippen LogP contribution in [0.1, 0.15) is 47.3 Å². The number of aryl methyl sites for hydroxylation is 1. The molecule has 0 unspecified atom stereocenters. The van der Waals surface area contributed by atoms with Crippen LogP contribution in [0, 0.1) is 6.92 Å². The number of nitrogens with one attached hydrogen (secondary N) is 1. The average molecular weight is 466 g/mol. The first-order valence-electron chi connectivity index (χ1n) is 11.1. The fourth-order valence-corrected chi connectivity index (χ4v) is 4.51. The third-order valence-corrected chi connectivity index (χ3v) is 6.27. The Balaban J connectivity index is 1.62. The minimum absolute atomic E-state index is 0.175. The van der Waals surface area contributed by atoms with Crippen LogP contribution in [0.2, 0.25) is 0 Å². The van der Waals surface area contributed by atoms with Gasteiger partial charge in [0.15, 0.2) is 5.65 Å². The lowest BCUT2D eigenvalue weighted by atomic mass is 10.0. The van der Waals surface area contributed by atoms with Crippen molar-refractivity contribution in [2.45, 2.75) is 38.7 Å². The number of carboxylic acid groups (broad SMARTS) is 1. The first-order valence-corrected chi connectivity index (χ1v) is 11.1. The van der Waals surface area contributed by atoms with Crippen LogP contribution < -0.4 is 10.2 Å². The van der Waals surface area contributed by atoms with E-state index < -0.39 is 11.9 Å². The van der Waals surface area contributed by atoms with E-state index >= 15 is 0 Å². The van der Waals surface area contributed by atoms with Gasteiger partial charge in [0.2, 0.25) is 5.95 Å². The van der Waals surface area contributed by atoms with E-state index in [2.05, 4.69) is 15.5 Å². The highest BCUT2D eigenvalue weighted by molar-refractivity contribution is 5.96. The lowest BCUT2D eigenvalue weighted by Crippen LogP contribution is -2.40. The molecule has 3 heterocycles. The molecule has 0 amide bonds. The van der Waals surface area contributed by atoms with Crippen LogP contribution in [-0.2, 0) is 0 Å².